The van der Waals surface area contributed by atoms with Crippen LogP contribution in [0.2, 0.25) is 0 Å². The number of hydrogen-bond donors (Lipinski definition) is 1. The number of carbonyl (C=O) groups excluding carboxylic acids is 1. The number of rotatable bonds is 7. The number of aromatic nitrogens is 4. The molecule has 0 atom stereocenters. The largest absolute Gasteiger partial charge is 0.339 e. The van der Waals surface area contributed by atoms with Crippen LogP contribution in [0.5, 0.6) is 0 Å². The molecule has 0 saturated carbocycles. The minimum atomic E-state index is -0.139. The molecule has 0 saturated heterocycles. The van der Waals surface area contributed by atoms with Crippen molar-refractivity contribution in [3.05, 3.63) is 60.0 Å². The Kier molecular flexibility index (Phi) is 5.69. The van der Waals surface area contributed by atoms with Crippen molar-refractivity contribution in [3.8, 4) is 0 Å². The molecule has 0 bridgehead atoms. The number of nitrogens with zero attached hydrogens (tertiary/aromatic N) is 4. The van der Waals surface area contributed by atoms with Gasteiger partial charge in [-0.1, -0.05) is 38.1 Å². The van der Waals surface area contributed by atoms with Crippen LogP contribution >= 0.6 is 0 Å². The highest BCUT2D eigenvalue weighted by atomic mass is 16.5. The second-order valence-electron chi connectivity index (χ2n) is 7.57. The first kappa shape index (κ1) is 18.8. The molecule has 142 valence electrons. The number of amides is 1. The predicted molar refractivity (Wildman–Crippen MR) is 102 cm³/mol. The Bertz CT molecular complexity index is 878. The molecule has 2 heterocycles. The molecule has 1 aromatic carbocycles. The molecule has 27 heavy (non-hydrogen) atoms. The van der Waals surface area contributed by atoms with E-state index in [4.69, 9.17) is 4.52 Å². The summed E-state index contributed by atoms with van der Waals surface area (Å²) in [6.45, 7) is 6.78. The summed E-state index contributed by atoms with van der Waals surface area (Å²) in [7, 11) is 0. The highest BCUT2D eigenvalue weighted by molar-refractivity contribution is 5.90. The van der Waals surface area contributed by atoms with Crippen LogP contribution in [-0.4, -0.2) is 25.8 Å². The van der Waals surface area contributed by atoms with Gasteiger partial charge in [0.2, 0.25) is 11.8 Å². The average Bonchev–Trinajstić information content (AvgIpc) is 3.26. The van der Waals surface area contributed by atoms with E-state index in [1.165, 1.54) is 0 Å². The van der Waals surface area contributed by atoms with E-state index in [-0.39, 0.29) is 11.3 Å². The molecular formula is C20H25N5O2. The molecule has 0 aliphatic carbocycles. The molecule has 3 rings (SSSR count). The Morgan fingerprint density at radius 1 is 1.26 bits per heavy atom. The summed E-state index contributed by atoms with van der Waals surface area (Å²) in [4.78, 5) is 16.6. The van der Waals surface area contributed by atoms with Crippen molar-refractivity contribution >= 4 is 11.6 Å². The summed E-state index contributed by atoms with van der Waals surface area (Å²) in [5.41, 5.74) is 1.73. The maximum Gasteiger partial charge on any atom is 0.226 e. The van der Waals surface area contributed by atoms with Crippen LogP contribution in [0.4, 0.5) is 5.69 Å². The van der Waals surface area contributed by atoms with Crippen molar-refractivity contribution in [1.29, 1.82) is 0 Å². The Labute approximate surface area is 158 Å². The van der Waals surface area contributed by atoms with Gasteiger partial charge in [-0.25, -0.2) is 0 Å². The van der Waals surface area contributed by atoms with Crippen molar-refractivity contribution in [2.75, 3.05) is 5.32 Å². The molecule has 2 aromatic heterocycles. The van der Waals surface area contributed by atoms with Crippen LogP contribution in [-0.2, 0) is 23.2 Å². The topological polar surface area (TPSA) is 85.8 Å². The van der Waals surface area contributed by atoms with Gasteiger partial charge in [0.1, 0.15) is 0 Å². The van der Waals surface area contributed by atoms with Gasteiger partial charge >= 0.3 is 0 Å². The number of carbonyl (C=O) groups is 1. The fourth-order valence-electron chi connectivity index (χ4n) is 2.61. The molecule has 0 aliphatic rings. The van der Waals surface area contributed by atoms with E-state index in [1.807, 2.05) is 62.0 Å². The minimum absolute atomic E-state index is 0.0261. The van der Waals surface area contributed by atoms with Crippen LogP contribution in [0.3, 0.4) is 0 Å². The summed E-state index contributed by atoms with van der Waals surface area (Å²) in [5.74, 6) is 1.24. The highest BCUT2D eigenvalue weighted by Crippen LogP contribution is 2.19. The van der Waals surface area contributed by atoms with Gasteiger partial charge in [-0.3, -0.25) is 9.48 Å². The zero-order valence-corrected chi connectivity index (χ0v) is 16.0. The summed E-state index contributed by atoms with van der Waals surface area (Å²) in [5, 5.41) is 11.1. The minimum Gasteiger partial charge on any atom is -0.339 e. The van der Waals surface area contributed by atoms with Crippen LogP contribution < -0.4 is 5.32 Å². The fraction of sp³-hybridized carbons (Fsp3) is 0.400. The van der Waals surface area contributed by atoms with Crippen LogP contribution in [0.25, 0.3) is 0 Å². The number of hydrogen-bond acceptors (Lipinski definition) is 5. The van der Waals surface area contributed by atoms with Gasteiger partial charge in [0.05, 0.1) is 6.54 Å². The molecule has 7 nitrogen and oxygen atoms in total. The molecule has 3 aromatic rings. The van der Waals surface area contributed by atoms with Gasteiger partial charge in [-0.2, -0.15) is 10.1 Å². The van der Waals surface area contributed by atoms with E-state index in [9.17, 15) is 4.79 Å². The summed E-state index contributed by atoms with van der Waals surface area (Å²) in [6.07, 6.45) is 5.31. The third-order valence-corrected chi connectivity index (χ3v) is 4.05. The first-order valence-electron chi connectivity index (χ1n) is 9.09. The second-order valence-corrected chi connectivity index (χ2v) is 7.57. The number of anilines is 1. The monoisotopic (exact) mass is 367 g/mol. The van der Waals surface area contributed by atoms with E-state index < -0.39 is 0 Å². The lowest BCUT2D eigenvalue weighted by Crippen LogP contribution is -2.13. The molecular weight excluding hydrogens is 342 g/mol. The van der Waals surface area contributed by atoms with Crippen LogP contribution in [0.15, 0.2) is 47.2 Å². The van der Waals surface area contributed by atoms with Crippen LogP contribution in [0.1, 0.15) is 50.9 Å². The van der Waals surface area contributed by atoms with Gasteiger partial charge in [-0.05, 0) is 30.2 Å². The van der Waals surface area contributed by atoms with Crippen molar-refractivity contribution < 1.29 is 9.32 Å². The maximum absolute atomic E-state index is 12.2. The number of nitrogens with one attached hydrogen (secondary N) is 1. The highest BCUT2D eigenvalue weighted by Gasteiger charge is 2.20. The maximum atomic E-state index is 12.2. The summed E-state index contributed by atoms with van der Waals surface area (Å²) in [6, 6.07) is 9.69. The average molecular weight is 367 g/mol. The fourth-order valence-corrected chi connectivity index (χ4v) is 2.61. The molecule has 0 aliphatic heterocycles. The Balaban J connectivity index is 1.47. The van der Waals surface area contributed by atoms with E-state index in [0.29, 0.717) is 37.5 Å². The Morgan fingerprint density at radius 3 is 2.81 bits per heavy atom. The van der Waals surface area contributed by atoms with E-state index >= 15 is 0 Å². The van der Waals surface area contributed by atoms with Gasteiger partial charge in [0.25, 0.3) is 0 Å². The lowest BCUT2D eigenvalue weighted by atomic mass is 9.96. The van der Waals surface area contributed by atoms with Gasteiger partial charge in [0.15, 0.2) is 5.82 Å². The molecule has 0 fully saturated rings. The molecule has 7 heteroatoms. The van der Waals surface area contributed by atoms with Crippen molar-refractivity contribution in [2.24, 2.45) is 0 Å². The molecule has 0 radical (unpaired) electrons. The first-order chi connectivity index (χ1) is 12.9. The molecule has 0 unspecified atom stereocenters. The van der Waals surface area contributed by atoms with Crippen molar-refractivity contribution in [3.63, 3.8) is 0 Å². The third kappa shape index (κ3) is 5.51. The number of benzene rings is 1. The van der Waals surface area contributed by atoms with E-state index in [1.54, 1.807) is 6.20 Å². The van der Waals surface area contributed by atoms with E-state index in [2.05, 4.69) is 20.6 Å². The van der Waals surface area contributed by atoms with Gasteiger partial charge < -0.3 is 9.84 Å². The standard InChI is InChI=1S/C20H25N5O2/c1-20(2,3)19-23-18(27-24-19)10-5-9-17(26)22-16-8-4-7-15(13-16)14-25-12-6-11-21-25/h4,6-8,11-13H,5,9-10,14H2,1-3H3,(H,22,26). The normalized spacial score (nSPS) is 11.5. The quantitative estimate of drug-likeness (QED) is 0.690. The second kappa shape index (κ2) is 8.16. The summed E-state index contributed by atoms with van der Waals surface area (Å²) < 4.78 is 7.10. The SMILES string of the molecule is CC(C)(C)c1noc(CCCC(=O)Nc2cccc(Cn3cccn3)c2)n1. The van der Waals surface area contributed by atoms with E-state index in [0.717, 1.165) is 11.3 Å². The molecule has 1 N–H and O–H groups in total. The van der Waals surface area contributed by atoms with Gasteiger partial charge in [0, 0.05) is 36.3 Å². The Hall–Kier alpha value is -2.96. The third-order valence-electron chi connectivity index (χ3n) is 4.05. The smallest absolute Gasteiger partial charge is 0.226 e. The zero-order valence-electron chi connectivity index (χ0n) is 16.0. The molecule has 1 amide bonds. The zero-order chi connectivity index (χ0) is 19.3. The van der Waals surface area contributed by atoms with Gasteiger partial charge in [-0.15, -0.1) is 0 Å². The lowest BCUT2D eigenvalue weighted by Gasteiger charge is -2.10. The summed E-state index contributed by atoms with van der Waals surface area (Å²) >= 11 is 0. The van der Waals surface area contributed by atoms with Crippen LogP contribution in [0, 0.1) is 0 Å². The first-order valence-corrected chi connectivity index (χ1v) is 9.09. The Morgan fingerprint density at radius 2 is 2.11 bits per heavy atom. The van der Waals surface area contributed by atoms with Crippen molar-refractivity contribution in [2.45, 2.75) is 52.0 Å². The lowest BCUT2D eigenvalue weighted by molar-refractivity contribution is -0.116. The van der Waals surface area contributed by atoms with Crippen molar-refractivity contribution in [1.82, 2.24) is 19.9 Å². The molecule has 0 spiro atoms. The number of aryl methyl sites for hydroxylation is 1. The predicted octanol–water partition coefficient (Wildman–Crippen LogP) is 3.57.